The highest BCUT2D eigenvalue weighted by Gasteiger charge is 2.30. The van der Waals surface area contributed by atoms with Crippen molar-refractivity contribution in [3.05, 3.63) is 45.8 Å². The Labute approximate surface area is 142 Å². The molecule has 0 atom stereocenters. The van der Waals surface area contributed by atoms with Crippen LogP contribution in [0.25, 0.3) is 0 Å². The van der Waals surface area contributed by atoms with E-state index in [1.165, 1.54) is 31.4 Å². The van der Waals surface area contributed by atoms with Gasteiger partial charge < -0.3 is 4.74 Å². The Morgan fingerprint density at radius 1 is 1.32 bits per heavy atom. The molecule has 1 heterocycles. The maximum absolute atomic E-state index is 12.7. The number of anilines is 1. The molecule has 0 aliphatic rings. The lowest BCUT2D eigenvalue weighted by Crippen LogP contribution is -2.36. The van der Waals surface area contributed by atoms with Gasteiger partial charge in [-0.25, -0.2) is 8.42 Å². The average Bonchev–Trinajstić information content (AvgIpc) is 3.02. The van der Waals surface area contributed by atoms with Crippen LogP contribution in [0.1, 0.15) is 0 Å². The molecule has 0 spiro atoms. The first-order valence-electron chi connectivity index (χ1n) is 5.94. The SMILES string of the molecule is COC(=O)CN(c1cc(Cl)ccc1Cl)S(=O)(=O)c1cccs1. The number of hydrogen-bond acceptors (Lipinski definition) is 5. The van der Waals surface area contributed by atoms with E-state index in [-0.39, 0.29) is 14.9 Å². The average molecular weight is 380 g/mol. The van der Waals surface area contributed by atoms with Crippen molar-refractivity contribution in [2.45, 2.75) is 4.21 Å². The predicted octanol–water partition coefficient (Wildman–Crippen LogP) is 3.42. The van der Waals surface area contributed by atoms with Crippen LogP contribution in [0.3, 0.4) is 0 Å². The van der Waals surface area contributed by atoms with Gasteiger partial charge in [-0.1, -0.05) is 29.3 Å². The Hall–Kier alpha value is -1.28. The lowest BCUT2D eigenvalue weighted by Gasteiger charge is -2.23. The van der Waals surface area contributed by atoms with E-state index in [1.807, 2.05) is 0 Å². The molecule has 0 bridgehead atoms. The first kappa shape index (κ1) is 17.1. The fourth-order valence-electron chi connectivity index (χ4n) is 1.68. The van der Waals surface area contributed by atoms with E-state index in [1.54, 1.807) is 11.4 Å². The minimum atomic E-state index is -3.95. The predicted molar refractivity (Wildman–Crippen MR) is 87.3 cm³/mol. The van der Waals surface area contributed by atoms with Crippen LogP contribution in [0.2, 0.25) is 10.0 Å². The summed E-state index contributed by atoms with van der Waals surface area (Å²) in [4.78, 5) is 11.6. The minimum absolute atomic E-state index is 0.0902. The Morgan fingerprint density at radius 2 is 2.05 bits per heavy atom. The highest BCUT2D eigenvalue weighted by molar-refractivity contribution is 7.94. The van der Waals surface area contributed by atoms with Crippen molar-refractivity contribution in [1.29, 1.82) is 0 Å². The summed E-state index contributed by atoms with van der Waals surface area (Å²) < 4.78 is 31.0. The van der Waals surface area contributed by atoms with E-state index in [0.29, 0.717) is 5.02 Å². The Kier molecular flexibility index (Phi) is 5.33. The van der Waals surface area contributed by atoms with E-state index in [0.717, 1.165) is 15.6 Å². The zero-order valence-corrected chi connectivity index (χ0v) is 14.5. The lowest BCUT2D eigenvalue weighted by molar-refractivity contribution is -0.138. The van der Waals surface area contributed by atoms with Gasteiger partial charge in [-0.05, 0) is 29.6 Å². The van der Waals surface area contributed by atoms with Crippen molar-refractivity contribution < 1.29 is 17.9 Å². The van der Waals surface area contributed by atoms with Gasteiger partial charge in [0, 0.05) is 5.02 Å². The van der Waals surface area contributed by atoms with Crippen molar-refractivity contribution in [3.63, 3.8) is 0 Å². The van der Waals surface area contributed by atoms with E-state index in [9.17, 15) is 13.2 Å². The molecule has 118 valence electrons. The number of carbonyl (C=O) groups is 1. The number of benzene rings is 1. The number of carbonyl (C=O) groups excluding carboxylic acids is 1. The summed E-state index contributed by atoms with van der Waals surface area (Å²) in [6, 6.07) is 7.43. The van der Waals surface area contributed by atoms with Crippen LogP contribution < -0.4 is 4.31 Å². The summed E-state index contributed by atoms with van der Waals surface area (Å²) in [6.45, 7) is -0.503. The summed E-state index contributed by atoms with van der Waals surface area (Å²) in [6.07, 6.45) is 0. The monoisotopic (exact) mass is 379 g/mol. The molecule has 5 nitrogen and oxygen atoms in total. The second kappa shape index (κ2) is 6.87. The molecule has 9 heteroatoms. The third-order valence-electron chi connectivity index (χ3n) is 2.72. The fourth-order valence-corrected chi connectivity index (χ4v) is 4.64. The molecule has 2 rings (SSSR count). The van der Waals surface area contributed by atoms with Crippen LogP contribution in [-0.4, -0.2) is 28.0 Å². The molecule has 0 N–H and O–H groups in total. The van der Waals surface area contributed by atoms with Gasteiger partial charge in [-0.3, -0.25) is 9.10 Å². The lowest BCUT2D eigenvalue weighted by atomic mass is 10.3. The van der Waals surface area contributed by atoms with Gasteiger partial charge in [0.25, 0.3) is 10.0 Å². The number of sulfonamides is 1. The molecule has 1 aromatic carbocycles. The second-order valence-electron chi connectivity index (χ2n) is 4.12. The maximum atomic E-state index is 12.7. The molecule has 0 amide bonds. The number of ether oxygens (including phenoxy) is 1. The van der Waals surface area contributed by atoms with Crippen LogP contribution in [0.5, 0.6) is 0 Å². The number of rotatable bonds is 5. The van der Waals surface area contributed by atoms with Crippen molar-refractivity contribution in [2.24, 2.45) is 0 Å². The molecule has 0 aliphatic carbocycles. The van der Waals surface area contributed by atoms with Crippen LogP contribution in [0.15, 0.2) is 39.9 Å². The fraction of sp³-hybridized carbons (Fsp3) is 0.154. The molecule has 0 aliphatic heterocycles. The number of methoxy groups -OCH3 is 1. The number of hydrogen-bond donors (Lipinski definition) is 0. The van der Waals surface area contributed by atoms with Crippen LogP contribution in [0.4, 0.5) is 5.69 Å². The molecular formula is C13H11Cl2NO4S2. The quantitative estimate of drug-likeness (QED) is 0.746. The minimum Gasteiger partial charge on any atom is -0.468 e. The Bertz CT molecular complexity index is 775. The normalized spacial score (nSPS) is 11.2. The van der Waals surface area contributed by atoms with Gasteiger partial charge in [0.05, 0.1) is 17.8 Å². The zero-order chi connectivity index (χ0) is 16.3. The third-order valence-corrected chi connectivity index (χ3v) is 6.40. The molecule has 1 aromatic heterocycles. The molecule has 0 fully saturated rings. The summed E-state index contributed by atoms with van der Waals surface area (Å²) in [5, 5.41) is 2.09. The molecule has 0 saturated carbocycles. The van der Waals surface area contributed by atoms with Crippen molar-refractivity contribution in [3.8, 4) is 0 Å². The molecule has 0 radical (unpaired) electrons. The molecule has 2 aromatic rings. The van der Waals surface area contributed by atoms with Crippen molar-refractivity contribution >= 4 is 56.2 Å². The standard InChI is InChI=1S/C13H11Cl2NO4S2/c1-20-12(17)8-16(11-7-9(14)4-5-10(11)15)22(18,19)13-3-2-6-21-13/h2-7H,8H2,1H3. The summed E-state index contributed by atoms with van der Waals surface area (Å²) >= 11 is 13.0. The van der Waals surface area contributed by atoms with Gasteiger partial charge in [0.2, 0.25) is 0 Å². The summed E-state index contributed by atoms with van der Waals surface area (Å²) in [5.74, 6) is -0.712. The molecule has 22 heavy (non-hydrogen) atoms. The van der Waals surface area contributed by atoms with Crippen molar-refractivity contribution in [2.75, 3.05) is 18.0 Å². The van der Waals surface area contributed by atoms with Gasteiger partial charge in [-0.15, -0.1) is 11.3 Å². The highest BCUT2D eigenvalue weighted by atomic mass is 35.5. The largest absolute Gasteiger partial charge is 0.468 e. The van der Waals surface area contributed by atoms with E-state index in [4.69, 9.17) is 23.2 Å². The topological polar surface area (TPSA) is 63.7 Å². The number of halogens is 2. The van der Waals surface area contributed by atoms with Crippen LogP contribution in [-0.2, 0) is 19.6 Å². The maximum Gasteiger partial charge on any atom is 0.326 e. The van der Waals surface area contributed by atoms with E-state index < -0.39 is 22.5 Å². The Morgan fingerprint density at radius 3 is 2.64 bits per heavy atom. The molecule has 0 unspecified atom stereocenters. The third kappa shape index (κ3) is 3.55. The molecule has 0 saturated heterocycles. The second-order valence-corrected chi connectivity index (χ2v) is 8.00. The zero-order valence-electron chi connectivity index (χ0n) is 11.3. The highest BCUT2D eigenvalue weighted by Crippen LogP contribution is 2.33. The first-order chi connectivity index (χ1) is 10.4. The first-order valence-corrected chi connectivity index (χ1v) is 9.02. The van der Waals surface area contributed by atoms with Gasteiger partial charge in [0.15, 0.2) is 0 Å². The van der Waals surface area contributed by atoms with Crippen LogP contribution in [0, 0.1) is 0 Å². The molecular weight excluding hydrogens is 369 g/mol. The number of thiophene rings is 1. The summed E-state index contributed by atoms with van der Waals surface area (Å²) in [7, 11) is -2.77. The van der Waals surface area contributed by atoms with Gasteiger partial charge in [0.1, 0.15) is 10.8 Å². The van der Waals surface area contributed by atoms with Crippen LogP contribution >= 0.6 is 34.5 Å². The van der Waals surface area contributed by atoms with Crippen molar-refractivity contribution in [1.82, 2.24) is 0 Å². The van der Waals surface area contributed by atoms with Gasteiger partial charge >= 0.3 is 5.97 Å². The number of nitrogens with zero attached hydrogens (tertiary/aromatic N) is 1. The summed E-state index contributed by atoms with van der Waals surface area (Å²) in [5.41, 5.74) is 0.118. The number of esters is 1. The van der Waals surface area contributed by atoms with E-state index >= 15 is 0 Å². The smallest absolute Gasteiger partial charge is 0.326 e. The van der Waals surface area contributed by atoms with E-state index in [2.05, 4.69) is 4.74 Å². The Balaban J connectivity index is 2.57. The van der Waals surface area contributed by atoms with Gasteiger partial charge in [-0.2, -0.15) is 0 Å².